The molecule has 1 saturated heterocycles. The monoisotopic (exact) mass is 347 g/mol. The minimum Gasteiger partial charge on any atom is -0.497 e. The maximum atomic E-state index is 5.85. The smallest absolute Gasteiger partial charge is 0.188 e. The Morgan fingerprint density at radius 3 is 2.52 bits per heavy atom. The first-order chi connectivity index (χ1) is 12.2. The van der Waals surface area contributed by atoms with Gasteiger partial charge in [-0.1, -0.05) is 13.3 Å². The molecule has 0 spiro atoms. The van der Waals surface area contributed by atoms with Crippen molar-refractivity contribution in [3.8, 4) is 5.75 Å². The Morgan fingerprint density at radius 1 is 1.16 bits per heavy atom. The second kappa shape index (κ2) is 10.8. The van der Waals surface area contributed by atoms with Crippen LogP contribution >= 0.6 is 0 Å². The van der Waals surface area contributed by atoms with Gasteiger partial charge in [-0.05, 0) is 37.1 Å². The van der Waals surface area contributed by atoms with Gasteiger partial charge in [0.05, 0.1) is 7.11 Å². The van der Waals surface area contributed by atoms with E-state index in [1.807, 2.05) is 12.1 Å². The zero-order valence-corrected chi connectivity index (χ0v) is 15.7. The lowest BCUT2D eigenvalue weighted by Crippen LogP contribution is -2.46. The summed E-state index contributed by atoms with van der Waals surface area (Å²) in [5.74, 6) is 1.49. The number of unbranched alkanes of at least 4 members (excludes halogenated alkanes) is 1. The molecule has 1 aliphatic heterocycles. The highest BCUT2D eigenvalue weighted by atomic mass is 16.5. The third-order valence-corrected chi connectivity index (χ3v) is 4.56. The van der Waals surface area contributed by atoms with Gasteiger partial charge in [0.1, 0.15) is 5.75 Å². The van der Waals surface area contributed by atoms with Gasteiger partial charge in [0, 0.05) is 51.5 Å². The van der Waals surface area contributed by atoms with E-state index in [-0.39, 0.29) is 0 Å². The molecular weight excluding hydrogens is 314 g/mol. The zero-order valence-electron chi connectivity index (χ0n) is 15.7. The van der Waals surface area contributed by atoms with Crippen molar-refractivity contribution in [2.24, 2.45) is 10.7 Å². The molecular formula is C19H33N5O. The molecule has 1 aromatic carbocycles. The van der Waals surface area contributed by atoms with E-state index in [4.69, 9.17) is 10.5 Å². The highest BCUT2D eigenvalue weighted by Gasteiger charge is 2.16. The number of piperazine rings is 1. The topological polar surface area (TPSA) is 66.1 Å². The molecule has 0 atom stereocenters. The number of rotatable bonds is 9. The zero-order chi connectivity index (χ0) is 17.9. The minimum absolute atomic E-state index is 0.581. The van der Waals surface area contributed by atoms with Crippen molar-refractivity contribution in [1.29, 1.82) is 0 Å². The normalized spacial score (nSPS) is 16.1. The molecule has 0 radical (unpaired) electrons. The van der Waals surface area contributed by atoms with Crippen molar-refractivity contribution in [2.45, 2.75) is 26.2 Å². The molecule has 0 unspecified atom stereocenters. The van der Waals surface area contributed by atoms with E-state index in [9.17, 15) is 0 Å². The molecule has 6 nitrogen and oxygen atoms in total. The average molecular weight is 348 g/mol. The summed E-state index contributed by atoms with van der Waals surface area (Å²) in [6.07, 6.45) is 3.36. The van der Waals surface area contributed by atoms with E-state index in [1.54, 1.807) is 7.11 Å². The summed E-state index contributed by atoms with van der Waals surface area (Å²) in [7, 11) is 1.70. The Balaban J connectivity index is 1.62. The second-order valence-electron chi connectivity index (χ2n) is 6.43. The lowest BCUT2D eigenvalue weighted by atomic mass is 10.2. The maximum absolute atomic E-state index is 5.85. The number of guanidine groups is 1. The van der Waals surface area contributed by atoms with Crippen LogP contribution in [0.5, 0.6) is 5.75 Å². The van der Waals surface area contributed by atoms with Crippen molar-refractivity contribution in [2.75, 3.05) is 57.8 Å². The first-order valence-electron chi connectivity index (χ1n) is 9.38. The SMILES string of the molecule is CCCCNC(N)=NCCCN1CCN(c2ccc(OC)cc2)CC1. The van der Waals surface area contributed by atoms with Gasteiger partial charge in [-0.3, -0.25) is 9.89 Å². The molecule has 2 rings (SSSR count). The molecule has 3 N–H and O–H groups in total. The summed E-state index contributed by atoms with van der Waals surface area (Å²) in [6, 6.07) is 8.33. The first kappa shape index (κ1) is 19.4. The number of benzene rings is 1. The van der Waals surface area contributed by atoms with Gasteiger partial charge in [-0.25, -0.2) is 0 Å². The number of methoxy groups -OCH3 is 1. The molecule has 0 aromatic heterocycles. The van der Waals surface area contributed by atoms with E-state index in [1.165, 1.54) is 12.1 Å². The van der Waals surface area contributed by atoms with E-state index in [0.29, 0.717) is 5.96 Å². The van der Waals surface area contributed by atoms with Crippen LogP contribution in [-0.4, -0.2) is 63.8 Å². The fourth-order valence-electron chi connectivity index (χ4n) is 2.97. The van der Waals surface area contributed by atoms with Crippen molar-refractivity contribution in [3.63, 3.8) is 0 Å². The molecule has 25 heavy (non-hydrogen) atoms. The number of hydrogen-bond acceptors (Lipinski definition) is 4. The van der Waals surface area contributed by atoms with Gasteiger partial charge in [-0.2, -0.15) is 0 Å². The second-order valence-corrected chi connectivity index (χ2v) is 6.43. The van der Waals surface area contributed by atoms with Crippen molar-refractivity contribution < 1.29 is 4.74 Å². The third-order valence-electron chi connectivity index (χ3n) is 4.56. The Kier molecular flexibility index (Phi) is 8.39. The summed E-state index contributed by atoms with van der Waals surface area (Å²) < 4.78 is 5.22. The molecule has 0 saturated carbocycles. The van der Waals surface area contributed by atoms with Crippen LogP contribution in [0.15, 0.2) is 29.3 Å². The lowest BCUT2D eigenvalue weighted by Gasteiger charge is -2.36. The van der Waals surface area contributed by atoms with Crippen molar-refractivity contribution in [3.05, 3.63) is 24.3 Å². The highest BCUT2D eigenvalue weighted by Crippen LogP contribution is 2.20. The number of ether oxygens (including phenoxy) is 1. The first-order valence-corrected chi connectivity index (χ1v) is 9.38. The summed E-state index contributed by atoms with van der Waals surface area (Å²) in [6.45, 7) is 9.29. The highest BCUT2D eigenvalue weighted by molar-refractivity contribution is 5.77. The third kappa shape index (κ3) is 6.82. The Labute approximate surface area is 152 Å². The van der Waals surface area contributed by atoms with E-state index in [2.05, 4.69) is 39.2 Å². The van der Waals surface area contributed by atoms with Crippen LogP contribution < -0.4 is 20.7 Å². The Hall–Kier alpha value is -1.95. The minimum atomic E-state index is 0.581. The lowest BCUT2D eigenvalue weighted by molar-refractivity contribution is 0.256. The molecule has 1 heterocycles. The van der Waals surface area contributed by atoms with E-state index in [0.717, 1.165) is 64.4 Å². The molecule has 0 amide bonds. The standard InChI is InChI=1S/C19H33N5O/c1-3-4-10-21-19(20)22-11-5-12-23-13-15-24(16-14-23)17-6-8-18(25-2)9-7-17/h6-9H,3-5,10-16H2,1-2H3,(H3,20,21,22). The molecule has 140 valence electrons. The van der Waals surface area contributed by atoms with Gasteiger partial charge in [0.2, 0.25) is 0 Å². The van der Waals surface area contributed by atoms with Crippen LogP contribution in [0.1, 0.15) is 26.2 Å². The predicted octanol–water partition coefficient (Wildman–Crippen LogP) is 1.91. The van der Waals surface area contributed by atoms with Crippen LogP contribution in [0.25, 0.3) is 0 Å². The molecule has 1 aromatic rings. The number of nitrogens with zero attached hydrogens (tertiary/aromatic N) is 3. The summed E-state index contributed by atoms with van der Waals surface area (Å²) in [5.41, 5.74) is 7.12. The Morgan fingerprint density at radius 2 is 1.88 bits per heavy atom. The number of hydrogen-bond donors (Lipinski definition) is 2. The summed E-state index contributed by atoms with van der Waals surface area (Å²) in [5, 5.41) is 3.15. The fraction of sp³-hybridized carbons (Fsp3) is 0.632. The quantitative estimate of drug-likeness (QED) is 0.406. The van der Waals surface area contributed by atoms with E-state index >= 15 is 0 Å². The molecule has 1 aliphatic rings. The van der Waals surface area contributed by atoms with Gasteiger partial charge in [0.15, 0.2) is 5.96 Å². The van der Waals surface area contributed by atoms with Gasteiger partial charge < -0.3 is 20.7 Å². The number of aliphatic imine (C=N–C) groups is 1. The van der Waals surface area contributed by atoms with Crippen LogP contribution in [-0.2, 0) is 0 Å². The van der Waals surface area contributed by atoms with Gasteiger partial charge in [-0.15, -0.1) is 0 Å². The molecule has 0 bridgehead atoms. The largest absolute Gasteiger partial charge is 0.497 e. The van der Waals surface area contributed by atoms with Crippen molar-refractivity contribution >= 4 is 11.6 Å². The van der Waals surface area contributed by atoms with Crippen LogP contribution in [0.3, 0.4) is 0 Å². The van der Waals surface area contributed by atoms with Gasteiger partial charge >= 0.3 is 0 Å². The number of anilines is 1. The summed E-state index contributed by atoms with van der Waals surface area (Å²) in [4.78, 5) is 9.34. The van der Waals surface area contributed by atoms with Crippen LogP contribution in [0.4, 0.5) is 5.69 Å². The number of nitrogens with two attached hydrogens (primary N) is 1. The van der Waals surface area contributed by atoms with E-state index < -0.39 is 0 Å². The van der Waals surface area contributed by atoms with Crippen LogP contribution in [0.2, 0.25) is 0 Å². The predicted molar refractivity (Wildman–Crippen MR) is 106 cm³/mol. The fourth-order valence-corrected chi connectivity index (χ4v) is 2.97. The maximum Gasteiger partial charge on any atom is 0.188 e. The molecule has 1 fully saturated rings. The number of nitrogens with one attached hydrogen (secondary N) is 1. The molecule has 0 aliphatic carbocycles. The average Bonchev–Trinajstić information content (AvgIpc) is 2.66. The van der Waals surface area contributed by atoms with Crippen molar-refractivity contribution in [1.82, 2.24) is 10.2 Å². The van der Waals surface area contributed by atoms with Gasteiger partial charge in [0.25, 0.3) is 0 Å². The molecule has 6 heteroatoms. The van der Waals surface area contributed by atoms with Crippen LogP contribution in [0, 0.1) is 0 Å². The Bertz CT molecular complexity index is 509. The summed E-state index contributed by atoms with van der Waals surface area (Å²) >= 11 is 0.